The summed E-state index contributed by atoms with van der Waals surface area (Å²) in [4.78, 5) is 28.4. The van der Waals surface area contributed by atoms with Crippen molar-refractivity contribution in [2.75, 3.05) is 7.11 Å². The Morgan fingerprint density at radius 2 is 1.84 bits per heavy atom. The van der Waals surface area contributed by atoms with Crippen LogP contribution in [-0.4, -0.2) is 37.0 Å². The van der Waals surface area contributed by atoms with Gasteiger partial charge >= 0.3 is 12.1 Å². The molecule has 37 heavy (non-hydrogen) atoms. The van der Waals surface area contributed by atoms with Gasteiger partial charge in [0, 0.05) is 29.6 Å². The zero-order valence-electron chi connectivity index (χ0n) is 20.3. The minimum atomic E-state index is -4.80. The lowest BCUT2D eigenvalue weighted by atomic mass is 9.98. The molecule has 0 saturated carbocycles. The fourth-order valence-electron chi connectivity index (χ4n) is 3.98. The van der Waals surface area contributed by atoms with E-state index in [0.717, 1.165) is 36.3 Å². The quantitative estimate of drug-likeness (QED) is 0.231. The van der Waals surface area contributed by atoms with Gasteiger partial charge in [0.2, 0.25) is 5.91 Å². The van der Waals surface area contributed by atoms with Crippen molar-refractivity contribution in [3.8, 4) is 0 Å². The van der Waals surface area contributed by atoms with Crippen molar-refractivity contribution >= 4 is 46.4 Å². The van der Waals surface area contributed by atoms with Crippen molar-refractivity contribution in [1.29, 1.82) is 0 Å². The number of methoxy groups -OCH3 is 1. The first-order chi connectivity index (χ1) is 17.4. The van der Waals surface area contributed by atoms with Crippen molar-refractivity contribution in [3.05, 3.63) is 74.8 Å². The summed E-state index contributed by atoms with van der Waals surface area (Å²) in [6, 6.07) is 8.33. The smallest absolute Gasteiger partial charge is 0.381 e. The van der Waals surface area contributed by atoms with E-state index in [1.165, 1.54) is 13.2 Å². The van der Waals surface area contributed by atoms with Crippen LogP contribution in [0.2, 0.25) is 10.0 Å². The molecule has 1 aliphatic rings. The van der Waals surface area contributed by atoms with Crippen LogP contribution in [-0.2, 0) is 25.6 Å². The van der Waals surface area contributed by atoms with Gasteiger partial charge in [0.1, 0.15) is 5.71 Å². The van der Waals surface area contributed by atoms with Gasteiger partial charge in [-0.3, -0.25) is 4.79 Å². The van der Waals surface area contributed by atoms with Crippen molar-refractivity contribution < 1.29 is 32.3 Å². The molecule has 1 N–H and O–H groups in total. The number of carbonyl (C=O) groups is 2. The molecule has 0 radical (unpaired) electrons. The van der Waals surface area contributed by atoms with Gasteiger partial charge in [-0.15, -0.1) is 0 Å². The van der Waals surface area contributed by atoms with Crippen LogP contribution in [0.5, 0.6) is 0 Å². The highest BCUT2D eigenvalue weighted by molar-refractivity contribution is 6.35. The number of oxime groups is 1. The van der Waals surface area contributed by atoms with Gasteiger partial charge in [-0.1, -0.05) is 40.5 Å². The minimum absolute atomic E-state index is 0.0293. The molecule has 0 fully saturated rings. The summed E-state index contributed by atoms with van der Waals surface area (Å²) < 4.78 is 47.4. The molecule has 2 aromatic carbocycles. The highest BCUT2D eigenvalue weighted by Gasteiger charge is 2.36. The maximum Gasteiger partial charge on any atom is 0.417 e. The van der Waals surface area contributed by atoms with Gasteiger partial charge in [0.05, 0.1) is 24.1 Å². The molecule has 11 heteroatoms. The Balaban J connectivity index is 2.00. The Kier molecular flexibility index (Phi) is 9.39. The monoisotopic (exact) mass is 556 g/mol. The predicted octanol–water partition coefficient (Wildman–Crippen LogP) is 6.44. The summed E-state index contributed by atoms with van der Waals surface area (Å²) in [5.74, 6) is -0.953. The van der Waals surface area contributed by atoms with E-state index in [1.807, 2.05) is 0 Å². The van der Waals surface area contributed by atoms with E-state index in [2.05, 4.69) is 10.5 Å². The van der Waals surface area contributed by atoms with Crippen LogP contribution >= 0.6 is 23.2 Å². The second-order valence-electron chi connectivity index (χ2n) is 8.60. The number of rotatable bonds is 8. The maximum atomic E-state index is 14.1. The molecule has 3 rings (SSSR count). The van der Waals surface area contributed by atoms with Gasteiger partial charge in [-0.05, 0) is 66.8 Å². The molecule has 6 nitrogen and oxygen atoms in total. The van der Waals surface area contributed by atoms with Gasteiger partial charge in [0.15, 0.2) is 0 Å². The first kappa shape index (κ1) is 28.7. The Hall–Kier alpha value is -2.88. The number of aryl methyl sites for hydroxylation is 1. The Labute approximate surface area is 222 Å². The number of ether oxygens (including phenoxy) is 1. The van der Waals surface area contributed by atoms with Crippen molar-refractivity contribution in [2.24, 2.45) is 5.16 Å². The molecule has 0 spiro atoms. The molecule has 1 amide bonds. The van der Waals surface area contributed by atoms with Gasteiger partial charge in [0.25, 0.3) is 0 Å². The number of benzene rings is 2. The normalized spacial score (nSPS) is 16.8. The molecule has 2 aromatic rings. The lowest BCUT2D eigenvalue weighted by molar-refractivity contribution is -0.140. The summed E-state index contributed by atoms with van der Waals surface area (Å²) >= 11 is 11.9. The van der Waals surface area contributed by atoms with Crippen molar-refractivity contribution in [1.82, 2.24) is 5.32 Å². The van der Waals surface area contributed by atoms with Crippen molar-refractivity contribution in [3.63, 3.8) is 0 Å². The summed E-state index contributed by atoms with van der Waals surface area (Å²) in [7, 11) is 1.53. The highest BCUT2D eigenvalue weighted by atomic mass is 35.5. The standard InChI is InChI=1S/C26H25Cl2F3N2O4/c1-14(36-3)8-25(35)32-23-7-5-16-9-17(4-6-21(16)23)24(33-37-15(2)34)13-22(26(29,30)31)18-10-19(27)12-20(28)11-18/h4,6,9-14,23H,5,7-8H2,1-3H3,(H,32,35)/b22-13-,33-24-. The van der Waals surface area contributed by atoms with Crippen LogP contribution in [0.25, 0.3) is 5.57 Å². The van der Waals surface area contributed by atoms with Gasteiger partial charge in [-0.2, -0.15) is 13.2 Å². The van der Waals surface area contributed by atoms with E-state index in [4.69, 9.17) is 32.8 Å². The number of fused-ring (bicyclic) bond motifs is 1. The van der Waals surface area contributed by atoms with E-state index >= 15 is 0 Å². The third-order valence-electron chi connectivity index (χ3n) is 5.76. The summed E-state index contributed by atoms with van der Waals surface area (Å²) in [5.41, 5.74) is 0.440. The topological polar surface area (TPSA) is 77.0 Å². The average Bonchev–Trinajstić information content (AvgIpc) is 3.19. The van der Waals surface area contributed by atoms with E-state index in [9.17, 15) is 22.8 Å². The number of hydrogen-bond acceptors (Lipinski definition) is 5. The predicted molar refractivity (Wildman–Crippen MR) is 136 cm³/mol. The van der Waals surface area contributed by atoms with Crippen LogP contribution in [0.3, 0.4) is 0 Å². The number of alkyl halides is 3. The number of nitrogens with zero attached hydrogens (tertiary/aromatic N) is 1. The molecule has 0 aliphatic heterocycles. The molecule has 2 atom stereocenters. The number of amides is 1. The maximum absolute atomic E-state index is 14.1. The molecule has 0 saturated heterocycles. The van der Waals surface area contributed by atoms with Crippen LogP contribution in [0.1, 0.15) is 55.0 Å². The third-order valence-corrected chi connectivity index (χ3v) is 6.20. The first-order valence-electron chi connectivity index (χ1n) is 11.3. The molecule has 0 aromatic heterocycles. The second kappa shape index (κ2) is 12.1. The summed E-state index contributed by atoms with van der Waals surface area (Å²) in [6.07, 6.45) is -2.81. The Morgan fingerprint density at radius 1 is 1.16 bits per heavy atom. The fourth-order valence-corrected chi connectivity index (χ4v) is 4.50. The zero-order valence-corrected chi connectivity index (χ0v) is 21.8. The number of carbonyl (C=O) groups excluding carboxylic acids is 2. The van der Waals surface area contributed by atoms with E-state index in [1.54, 1.807) is 25.1 Å². The molecule has 0 bridgehead atoms. The third kappa shape index (κ3) is 7.80. The van der Waals surface area contributed by atoms with Crippen LogP contribution in [0.4, 0.5) is 13.2 Å². The molecule has 0 heterocycles. The lowest BCUT2D eigenvalue weighted by Crippen LogP contribution is -2.30. The second-order valence-corrected chi connectivity index (χ2v) is 9.47. The zero-order chi connectivity index (χ0) is 27.3. The summed E-state index contributed by atoms with van der Waals surface area (Å²) in [6.45, 7) is 2.88. The average molecular weight is 557 g/mol. The number of halogens is 5. The molecular formula is C26H25Cl2F3N2O4. The van der Waals surface area contributed by atoms with Gasteiger partial charge < -0.3 is 14.9 Å². The van der Waals surface area contributed by atoms with E-state index < -0.39 is 17.7 Å². The first-order valence-corrected chi connectivity index (χ1v) is 12.1. The van der Waals surface area contributed by atoms with E-state index in [-0.39, 0.29) is 45.8 Å². The van der Waals surface area contributed by atoms with E-state index in [0.29, 0.717) is 18.4 Å². The van der Waals surface area contributed by atoms with Crippen LogP contribution in [0.15, 0.2) is 47.6 Å². The number of hydrogen-bond donors (Lipinski definition) is 1. The highest BCUT2D eigenvalue weighted by Crippen LogP contribution is 2.37. The molecule has 1 aliphatic carbocycles. The largest absolute Gasteiger partial charge is 0.417 e. The Morgan fingerprint density at radius 3 is 2.43 bits per heavy atom. The number of allylic oxidation sites excluding steroid dienone is 2. The Bertz CT molecular complexity index is 1220. The van der Waals surface area contributed by atoms with Crippen LogP contribution < -0.4 is 5.32 Å². The molecule has 198 valence electrons. The minimum Gasteiger partial charge on any atom is -0.381 e. The number of nitrogens with one attached hydrogen (secondary N) is 1. The fraction of sp³-hybridized carbons (Fsp3) is 0.346. The summed E-state index contributed by atoms with van der Waals surface area (Å²) in [5, 5.41) is 6.72. The molecule has 2 unspecified atom stereocenters. The lowest BCUT2D eigenvalue weighted by Gasteiger charge is -2.17. The SMILES string of the molecule is COC(C)CC(=O)NC1CCc2cc(C(/C=C(/c3cc(Cl)cc(Cl)c3)C(F)(F)F)=N\OC(C)=O)ccc21. The van der Waals surface area contributed by atoms with Crippen molar-refractivity contribution in [2.45, 2.75) is 51.4 Å². The molecular weight excluding hydrogens is 532 g/mol. The van der Waals surface area contributed by atoms with Crippen LogP contribution in [0, 0.1) is 0 Å². The van der Waals surface area contributed by atoms with Gasteiger partial charge in [-0.25, -0.2) is 4.79 Å².